The quantitative estimate of drug-likeness (QED) is 0.753. The van der Waals surface area contributed by atoms with E-state index in [9.17, 15) is 8.42 Å². The van der Waals surface area contributed by atoms with Gasteiger partial charge in [-0.3, -0.25) is 14.1 Å². The molecule has 1 aliphatic heterocycles. The van der Waals surface area contributed by atoms with Crippen LogP contribution >= 0.6 is 0 Å². The fraction of sp³-hybridized carbons (Fsp3) is 0.412. The Morgan fingerprint density at radius 3 is 2.85 bits per heavy atom. The number of nitrogens with one attached hydrogen (secondary N) is 1. The van der Waals surface area contributed by atoms with Crippen LogP contribution < -0.4 is 4.72 Å². The van der Waals surface area contributed by atoms with Crippen LogP contribution in [0.3, 0.4) is 0 Å². The van der Waals surface area contributed by atoms with Crippen LogP contribution in [0.1, 0.15) is 18.9 Å². The Bertz CT molecular complexity index is 1040. The van der Waals surface area contributed by atoms with E-state index >= 15 is 0 Å². The summed E-state index contributed by atoms with van der Waals surface area (Å²) in [5.74, 6) is 0. The minimum Gasteiger partial charge on any atom is -0.304 e. The summed E-state index contributed by atoms with van der Waals surface area (Å²) in [6.45, 7) is 1.95. The molecule has 3 heterocycles. The van der Waals surface area contributed by atoms with Crippen LogP contribution in [0.5, 0.6) is 0 Å². The van der Waals surface area contributed by atoms with Crippen LogP contribution in [0.2, 0.25) is 0 Å². The molecule has 4 rings (SSSR count). The molecule has 8 nitrogen and oxygen atoms in total. The number of likely N-dealkylation sites (tertiary alicyclic amines) is 1. The number of piperidine rings is 1. The van der Waals surface area contributed by atoms with Gasteiger partial charge in [0.05, 0.1) is 29.6 Å². The van der Waals surface area contributed by atoms with E-state index < -0.39 is 10.0 Å². The third-order valence-electron chi connectivity index (χ3n) is 4.87. The highest BCUT2D eigenvalue weighted by atomic mass is 32.2. The fourth-order valence-electron chi connectivity index (χ4n) is 3.53. The molecular formula is C17H22N6O2S. The number of anilines is 1. The molecule has 1 atom stereocenters. The number of aryl methyl sites for hydroxylation is 1. The van der Waals surface area contributed by atoms with Crippen LogP contribution in [0.15, 0.2) is 41.7 Å². The van der Waals surface area contributed by atoms with Crippen molar-refractivity contribution in [2.75, 3.05) is 24.9 Å². The lowest BCUT2D eigenvalue weighted by Gasteiger charge is -2.29. The maximum absolute atomic E-state index is 12.8. The summed E-state index contributed by atoms with van der Waals surface area (Å²) >= 11 is 0. The second-order valence-corrected chi connectivity index (χ2v) is 8.51. The molecule has 0 saturated carbocycles. The second kappa shape index (κ2) is 6.40. The van der Waals surface area contributed by atoms with Crippen molar-refractivity contribution in [2.24, 2.45) is 7.05 Å². The number of benzene rings is 1. The van der Waals surface area contributed by atoms with Crippen LogP contribution in [0, 0.1) is 0 Å². The van der Waals surface area contributed by atoms with E-state index in [2.05, 4.69) is 26.9 Å². The van der Waals surface area contributed by atoms with Crippen LogP contribution in [0.25, 0.3) is 10.9 Å². The van der Waals surface area contributed by atoms with Gasteiger partial charge in [0, 0.05) is 25.2 Å². The summed E-state index contributed by atoms with van der Waals surface area (Å²) in [4.78, 5) is 2.41. The predicted molar refractivity (Wildman–Crippen MR) is 99.5 cm³/mol. The Labute approximate surface area is 152 Å². The molecule has 0 radical (unpaired) electrons. The lowest BCUT2D eigenvalue weighted by Crippen LogP contribution is -2.33. The zero-order chi connectivity index (χ0) is 18.3. The normalized spacial score (nSPS) is 19.1. The molecule has 0 spiro atoms. The number of rotatable bonds is 4. The smallest absolute Gasteiger partial charge is 0.265 e. The number of hydrogen-bond acceptors (Lipinski definition) is 5. The monoisotopic (exact) mass is 374 g/mol. The van der Waals surface area contributed by atoms with Gasteiger partial charge in [-0.05, 0) is 32.5 Å². The molecule has 0 aliphatic carbocycles. The van der Waals surface area contributed by atoms with Gasteiger partial charge in [0.2, 0.25) is 0 Å². The van der Waals surface area contributed by atoms with Crippen molar-refractivity contribution in [1.82, 2.24) is 24.5 Å². The van der Waals surface area contributed by atoms with E-state index in [-0.39, 0.29) is 10.9 Å². The summed E-state index contributed by atoms with van der Waals surface area (Å²) < 4.78 is 31.8. The Balaban J connectivity index is 1.62. The zero-order valence-electron chi connectivity index (χ0n) is 14.8. The van der Waals surface area contributed by atoms with Gasteiger partial charge in [-0.25, -0.2) is 8.42 Å². The lowest BCUT2D eigenvalue weighted by atomic mass is 10.1. The van der Waals surface area contributed by atoms with E-state index in [0.717, 1.165) is 36.8 Å². The van der Waals surface area contributed by atoms with Gasteiger partial charge in [-0.15, -0.1) is 0 Å². The second-order valence-electron chi connectivity index (χ2n) is 6.83. The first-order chi connectivity index (χ1) is 12.4. The van der Waals surface area contributed by atoms with E-state index in [1.165, 1.54) is 6.20 Å². The van der Waals surface area contributed by atoms with Gasteiger partial charge in [0.15, 0.2) is 0 Å². The Hall–Kier alpha value is -2.39. The number of para-hydroxylation sites is 1. The van der Waals surface area contributed by atoms with Crippen molar-refractivity contribution in [2.45, 2.75) is 23.8 Å². The van der Waals surface area contributed by atoms with Gasteiger partial charge in [0.25, 0.3) is 10.0 Å². The number of aromatic nitrogens is 4. The third-order valence-corrected chi connectivity index (χ3v) is 6.19. The number of fused-ring (bicyclic) bond motifs is 1. The van der Waals surface area contributed by atoms with E-state index in [0.29, 0.717) is 5.69 Å². The van der Waals surface area contributed by atoms with Crippen LogP contribution in [-0.4, -0.2) is 53.0 Å². The third kappa shape index (κ3) is 3.08. The first kappa shape index (κ1) is 17.0. The van der Waals surface area contributed by atoms with E-state index in [1.54, 1.807) is 34.9 Å². The lowest BCUT2D eigenvalue weighted by molar-refractivity contribution is 0.202. The molecule has 9 heteroatoms. The standard InChI is InChI=1S/C17H22N6O2S/c1-21-8-4-6-14(11-21)23-12-15(10-19-23)26(24,25)20-16-7-3-5-13-9-18-22(2)17(13)16/h3,5,7,9-10,12,14,20H,4,6,8,11H2,1-2H3. The van der Waals surface area contributed by atoms with Crippen molar-refractivity contribution in [3.63, 3.8) is 0 Å². The predicted octanol–water partition coefficient (Wildman–Crippen LogP) is 1.84. The summed E-state index contributed by atoms with van der Waals surface area (Å²) in [5, 5.41) is 9.38. The molecule has 2 aromatic heterocycles. The van der Waals surface area contributed by atoms with Gasteiger partial charge in [-0.1, -0.05) is 12.1 Å². The largest absolute Gasteiger partial charge is 0.304 e. The molecule has 1 aromatic carbocycles. The highest BCUT2D eigenvalue weighted by Gasteiger charge is 2.23. The van der Waals surface area contributed by atoms with Crippen LogP contribution in [0.4, 0.5) is 5.69 Å². The average Bonchev–Trinajstić information content (AvgIpc) is 3.23. The van der Waals surface area contributed by atoms with Gasteiger partial charge in [-0.2, -0.15) is 10.2 Å². The van der Waals surface area contributed by atoms with Crippen molar-refractivity contribution < 1.29 is 8.42 Å². The topological polar surface area (TPSA) is 85.0 Å². The summed E-state index contributed by atoms with van der Waals surface area (Å²) in [5.41, 5.74) is 1.25. The molecule has 0 bridgehead atoms. The Kier molecular flexibility index (Phi) is 4.20. The molecule has 0 amide bonds. The molecule has 26 heavy (non-hydrogen) atoms. The summed E-state index contributed by atoms with van der Waals surface area (Å²) in [6, 6.07) is 5.65. The highest BCUT2D eigenvalue weighted by molar-refractivity contribution is 7.92. The number of nitrogens with zero attached hydrogens (tertiary/aromatic N) is 5. The molecule has 1 aliphatic rings. The van der Waals surface area contributed by atoms with Gasteiger partial charge < -0.3 is 4.90 Å². The summed E-state index contributed by atoms with van der Waals surface area (Å²) in [6.07, 6.45) is 6.84. The molecule has 1 fully saturated rings. The molecule has 1 N–H and O–H groups in total. The SMILES string of the molecule is CN1CCCC(n2cc(S(=O)(=O)Nc3cccc4cnn(C)c34)cn2)C1. The minimum absolute atomic E-state index is 0.171. The number of sulfonamides is 1. The zero-order valence-corrected chi connectivity index (χ0v) is 15.6. The maximum atomic E-state index is 12.8. The number of hydrogen-bond donors (Lipinski definition) is 1. The first-order valence-electron chi connectivity index (χ1n) is 8.60. The number of likely N-dealkylation sites (N-methyl/N-ethyl adjacent to an activating group) is 1. The first-order valence-corrected chi connectivity index (χ1v) is 10.1. The van der Waals surface area contributed by atoms with Crippen molar-refractivity contribution in [3.8, 4) is 0 Å². The minimum atomic E-state index is -3.72. The van der Waals surface area contributed by atoms with Crippen molar-refractivity contribution in [3.05, 3.63) is 36.8 Å². The van der Waals surface area contributed by atoms with E-state index in [1.807, 2.05) is 12.1 Å². The molecule has 3 aromatic rings. The van der Waals surface area contributed by atoms with Crippen LogP contribution in [-0.2, 0) is 17.1 Å². The summed E-state index contributed by atoms with van der Waals surface area (Å²) in [7, 11) is 0.143. The molecule has 1 unspecified atom stereocenters. The maximum Gasteiger partial charge on any atom is 0.265 e. The van der Waals surface area contributed by atoms with Crippen molar-refractivity contribution in [1.29, 1.82) is 0 Å². The van der Waals surface area contributed by atoms with Gasteiger partial charge in [0.1, 0.15) is 4.90 Å². The molecular weight excluding hydrogens is 352 g/mol. The van der Waals surface area contributed by atoms with Crippen molar-refractivity contribution >= 4 is 26.6 Å². The average molecular weight is 374 g/mol. The Morgan fingerprint density at radius 1 is 1.19 bits per heavy atom. The molecule has 138 valence electrons. The van der Waals surface area contributed by atoms with Gasteiger partial charge >= 0.3 is 0 Å². The fourth-order valence-corrected chi connectivity index (χ4v) is 4.54. The van der Waals surface area contributed by atoms with E-state index in [4.69, 9.17) is 0 Å². The highest BCUT2D eigenvalue weighted by Crippen LogP contribution is 2.26. The molecule has 1 saturated heterocycles. The Morgan fingerprint density at radius 2 is 2.04 bits per heavy atom.